The number of nitro groups is 1. The molecule has 0 bridgehead atoms. The summed E-state index contributed by atoms with van der Waals surface area (Å²) in [6.07, 6.45) is 4.89. The number of hydrogen-bond acceptors (Lipinski definition) is 5. The highest BCUT2D eigenvalue weighted by Gasteiger charge is 2.23. The molecule has 7 heteroatoms. The Hall–Kier alpha value is -3.74. The number of carbonyl (C=O) groups excluding carboxylic acids is 1. The number of fused-ring (bicyclic) bond motifs is 1. The van der Waals surface area contributed by atoms with Crippen molar-refractivity contribution >= 4 is 28.6 Å². The molecule has 7 nitrogen and oxygen atoms in total. The molecule has 0 radical (unpaired) electrons. The molecule has 0 spiro atoms. The minimum Gasteiger partial charge on any atom is -0.505 e. The Kier molecular flexibility index (Phi) is 5.12. The van der Waals surface area contributed by atoms with Crippen LogP contribution in [0.4, 0.5) is 5.69 Å². The lowest BCUT2D eigenvalue weighted by Crippen LogP contribution is -2.24. The van der Waals surface area contributed by atoms with Gasteiger partial charge in [0.25, 0.3) is 5.69 Å². The van der Waals surface area contributed by atoms with Crippen LogP contribution in [0.5, 0.6) is 5.75 Å². The summed E-state index contributed by atoms with van der Waals surface area (Å²) in [5, 5.41) is 25.1. The van der Waals surface area contributed by atoms with Crippen molar-refractivity contribution in [2.45, 2.75) is 13.0 Å². The number of phenols is 1. The monoisotopic (exact) mass is 363 g/mol. The van der Waals surface area contributed by atoms with Crippen LogP contribution in [0.2, 0.25) is 0 Å². The zero-order valence-electron chi connectivity index (χ0n) is 14.5. The number of nitrogens with zero attached hydrogens (tertiary/aromatic N) is 2. The number of amides is 1. The molecule has 0 saturated heterocycles. The summed E-state index contributed by atoms with van der Waals surface area (Å²) in [4.78, 5) is 26.7. The lowest BCUT2D eigenvalue weighted by molar-refractivity contribution is -0.383. The second kappa shape index (κ2) is 7.65. The van der Waals surface area contributed by atoms with Crippen molar-refractivity contribution in [3.63, 3.8) is 0 Å². The van der Waals surface area contributed by atoms with Crippen molar-refractivity contribution < 1.29 is 14.8 Å². The first-order chi connectivity index (χ1) is 13.0. The Bertz CT molecular complexity index is 1030. The number of carbonyl (C=O) groups is 1. The highest BCUT2D eigenvalue weighted by atomic mass is 16.6. The van der Waals surface area contributed by atoms with Crippen molar-refractivity contribution in [2.24, 2.45) is 0 Å². The van der Waals surface area contributed by atoms with Gasteiger partial charge in [-0.15, -0.1) is 0 Å². The second-order valence-corrected chi connectivity index (χ2v) is 5.94. The molecule has 0 aliphatic heterocycles. The van der Waals surface area contributed by atoms with E-state index in [1.807, 2.05) is 30.3 Å². The quantitative estimate of drug-likeness (QED) is 0.531. The van der Waals surface area contributed by atoms with Gasteiger partial charge in [0.1, 0.15) is 11.3 Å². The maximum atomic E-state index is 11.7. The average molecular weight is 363 g/mol. The molecule has 1 aromatic heterocycles. The number of nitro benzene ring substituents is 1. The third kappa shape index (κ3) is 3.92. The predicted octanol–water partition coefficient (Wildman–Crippen LogP) is 3.74. The van der Waals surface area contributed by atoms with Gasteiger partial charge in [-0.05, 0) is 17.7 Å². The van der Waals surface area contributed by atoms with Gasteiger partial charge in [-0.3, -0.25) is 19.9 Å². The van der Waals surface area contributed by atoms with Gasteiger partial charge in [0.2, 0.25) is 5.91 Å². The van der Waals surface area contributed by atoms with Gasteiger partial charge in [0.15, 0.2) is 0 Å². The van der Waals surface area contributed by atoms with E-state index in [1.165, 1.54) is 25.3 Å². The number of non-ortho nitro benzene ring substituents is 1. The van der Waals surface area contributed by atoms with Gasteiger partial charge in [-0.2, -0.15) is 0 Å². The van der Waals surface area contributed by atoms with Gasteiger partial charge in [-0.25, -0.2) is 0 Å². The van der Waals surface area contributed by atoms with Gasteiger partial charge in [0.05, 0.1) is 16.4 Å². The molecule has 3 aromatic rings. The SMILES string of the molecule is CC(=O)N[C@@H](C=Cc1ccccc1)c1cc([N+](=O)[O-])c2cccnc2c1O. The molecular formula is C20H17N3O4. The number of aromatic hydroxyl groups is 1. The number of phenolic OH excluding ortho intramolecular Hbond substituents is 1. The first kappa shape index (κ1) is 18.1. The molecule has 0 aliphatic carbocycles. The average Bonchev–Trinajstić information content (AvgIpc) is 2.66. The summed E-state index contributed by atoms with van der Waals surface area (Å²) in [7, 11) is 0. The molecule has 1 atom stereocenters. The smallest absolute Gasteiger partial charge is 0.279 e. The Balaban J connectivity index is 2.15. The number of nitrogens with one attached hydrogen (secondary N) is 1. The van der Waals surface area contributed by atoms with Gasteiger partial charge < -0.3 is 10.4 Å². The van der Waals surface area contributed by atoms with Crippen molar-refractivity contribution in [3.05, 3.63) is 82.0 Å². The topological polar surface area (TPSA) is 105 Å². The Morgan fingerprint density at radius 3 is 2.67 bits per heavy atom. The summed E-state index contributed by atoms with van der Waals surface area (Å²) in [6.45, 7) is 1.34. The Morgan fingerprint density at radius 2 is 2.00 bits per heavy atom. The fraction of sp³-hybridized carbons (Fsp3) is 0.100. The van der Waals surface area contributed by atoms with Gasteiger partial charge in [0, 0.05) is 24.8 Å². The van der Waals surface area contributed by atoms with Crippen LogP contribution in [0.1, 0.15) is 24.1 Å². The largest absolute Gasteiger partial charge is 0.505 e. The summed E-state index contributed by atoms with van der Waals surface area (Å²) in [5.41, 5.74) is 1.02. The van der Waals surface area contributed by atoms with E-state index in [1.54, 1.807) is 18.2 Å². The molecule has 0 saturated carbocycles. The summed E-state index contributed by atoms with van der Waals surface area (Å²) in [5.74, 6) is -0.534. The van der Waals surface area contributed by atoms with Crippen LogP contribution < -0.4 is 5.32 Å². The molecule has 1 amide bonds. The number of benzene rings is 2. The minimum absolute atomic E-state index is 0.116. The summed E-state index contributed by atoms with van der Waals surface area (Å²) in [6, 6.07) is 13.0. The fourth-order valence-corrected chi connectivity index (χ4v) is 2.84. The fourth-order valence-electron chi connectivity index (χ4n) is 2.84. The minimum atomic E-state index is -0.757. The van der Waals surface area contributed by atoms with E-state index in [-0.39, 0.29) is 33.8 Å². The number of rotatable bonds is 5. The van der Waals surface area contributed by atoms with E-state index in [9.17, 15) is 20.0 Å². The molecule has 27 heavy (non-hydrogen) atoms. The van der Waals surface area contributed by atoms with Gasteiger partial charge in [-0.1, -0.05) is 42.5 Å². The van der Waals surface area contributed by atoms with Crippen LogP contribution in [-0.2, 0) is 4.79 Å². The van der Waals surface area contributed by atoms with Crippen LogP contribution in [0.25, 0.3) is 17.0 Å². The van der Waals surface area contributed by atoms with E-state index in [4.69, 9.17) is 0 Å². The van der Waals surface area contributed by atoms with Crippen LogP contribution in [0, 0.1) is 10.1 Å². The van der Waals surface area contributed by atoms with E-state index in [2.05, 4.69) is 10.3 Å². The molecular weight excluding hydrogens is 346 g/mol. The van der Waals surface area contributed by atoms with E-state index >= 15 is 0 Å². The second-order valence-electron chi connectivity index (χ2n) is 5.94. The zero-order valence-corrected chi connectivity index (χ0v) is 14.5. The molecule has 136 valence electrons. The number of aromatic nitrogens is 1. The predicted molar refractivity (Wildman–Crippen MR) is 102 cm³/mol. The zero-order chi connectivity index (χ0) is 19.4. The maximum absolute atomic E-state index is 11.7. The summed E-state index contributed by atoms with van der Waals surface area (Å²) >= 11 is 0. The molecule has 0 unspecified atom stereocenters. The number of hydrogen-bond donors (Lipinski definition) is 2. The van der Waals surface area contributed by atoms with E-state index in [0.29, 0.717) is 0 Å². The first-order valence-electron chi connectivity index (χ1n) is 8.22. The third-order valence-electron chi connectivity index (χ3n) is 4.04. The Morgan fingerprint density at radius 1 is 1.26 bits per heavy atom. The lowest BCUT2D eigenvalue weighted by Gasteiger charge is -2.17. The molecule has 0 aliphatic rings. The van der Waals surface area contributed by atoms with Crippen molar-refractivity contribution in [3.8, 4) is 5.75 Å². The standard InChI is InChI=1S/C20H17N3O4/c1-13(24)22-17(10-9-14-6-3-2-4-7-14)16-12-18(23(26)27)15-8-5-11-21-19(15)20(16)25/h2-12,17,25H,1H3,(H,22,24)/t17-/m0/s1. The highest BCUT2D eigenvalue weighted by molar-refractivity contribution is 5.93. The molecule has 2 N–H and O–H groups in total. The van der Waals surface area contributed by atoms with Gasteiger partial charge >= 0.3 is 0 Å². The molecule has 0 fully saturated rings. The highest BCUT2D eigenvalue weighted by Crippen LogP contribution is 2.38. The van der Waals surface area contributed by atoms with Crippen molar-refractivity contribution in [1.82, 2.24) is 10.3 Å². The van der Waals surface area contributed by atoms with Crippen LogP contribution in [0.3, 0.4) is 0 Å². The first-order valence-corrected chi connectivity index (χ1v) is 8.22. The Labute approximate surface area is 155 Å². The van der Waals surface area contributed by atoms with Crippen molar-refractivity contribution in [2.75, 3.05) is 0 Å². The maximum Gasteiger partial charge on any atom is 0.279 e. The van der Waals surface area contributed by atoms with Crippen LogP contribution in [0.15, 0.2) is 60.8 Å². The summed E-state index contributed by atoms with van der Waals surface area (Å²) < 4.78 is 0. The molecule has 3 rings (SSSR count). The lowest BCUT2D eigenvalue weighted by atomic mass is 10.00. The van der Waals surface area contributed by atoms with E-state index in [0.717, 1.165) is 5.56 Å². The van der Waals surface area contributed by atoms with Crippen molar-refractivity contribution in [1.29, 1.82) is 0 Å². The molecule has 1 heterocycles. The van der Waals surface area contributed by atoms with Crippen LogP contribution >= 0.6 is 0 Å². The van der Waals surface area contributed by atoms with E-state index < -0.39 is 11.0 Å². The normalized spacial score (nSPS) is 12.2. The van der Waals surface area contributed by atoms with Crippen LogP contribution in [-0.4, -0.2) is 20.9 Å². The third-order valence-corrected chi connectivity index (χ3v) is 4.04. The number of pyridine rings is 1. The molecule has 2 aromatic carbocycles.